The first kappa shape index (κ1) is 20.7. The predicted octanol–water partition coefficient (Wildman–Crippen LogP) is 3.94. The number of carbonyl (C=O) groups excluding carboxylic acids is 1. The molecular weight excluding hydrogens is 390 g/mol. The second kappa shape index (κ2) is 9.51. The summed E-state index contributed by atoms with van der Waals surface area (Å²) in [5.41, 5.74) is 2.86. The number of aryl methyl sites for hydroxylation is 1. The number of amides is 1. The largest absolute Gasteiger partial charge is 0.493 e. The second-order valence-corrected chi connectivity index (χ2v) is 7.61. The number of benzene rings is 2. The summed E-state index contributed by atoms with van der Waals surface area (Å²) < 4.78 is 11.4. The fraction of sp³-hybridized carbons (Fsp3) is 0.280. The summed E-state index contributed by atoms with van der Waals surface area (Å²) in [5, 5.41) is 0. The van der Waals surface area contributed by atoms with Gasteiger partial charge in [0.25, 0.3) is 5.91 Å². The average Bonchev–Trinajstić information content (AvgIpc) is 2.83. The third kappa shape index (κ3) is 4.97. The van der Waals surface area contributed by atoms with E-state index in [2.05, 4.69) is 28.9 Å². The molecule has 1 aliphatic rings. The summed E-state index contributed by atoms with van der Waals surface area (Å²) in [6.45, 7) is 5.29. The lowest BCUT2D eigenvalue weighted by atomic mass is 10.1. The van der Waals surface area contributed by atoms with Gasteiger partial charge in [0.1, 0.15) is 12.4 Å². The highest BCUT2D eigenvalue weighted by molar-refractivity contribution is 5.95. The molecule has 1 aliphatic heterocycles. The molecule has 1 aromatic heterocycles. The summed E-state index contributed by atoms with van der Waals surface area (Å²) in [6.07, 6.45) is 1.79. The van der Waals surface area contributed by atoms with E-state index in [0.29, 0.717) is 36.8 Å². The predicted molar refractivity (Wildman–Crippen MR) is 121 cm³/mol. The summed E-state index contributed by atoms with van der Waals surface area (Å²) in [7, 11) is 1.60. The molecule has 0 radical (unpaired) electrons. The van der Waals surface area contributed by atoms with Crippen LogP contribution in [-0.4, -0.2) is 49.1 Å². The fourth-order valence-corrected chi connectivity index (χ4v) is 3.75. The van der Waals surface area contributed by atoms with Crippen molar-refractivity contribution in [2.24, 2.45) is 0 Å². The quantitative estimate of drug-likeness (QED) is 0.608. The summed E-state index contributed by atoms with van der Waals surface area (Å²) in [5.74, 6) is 2.14. The standard InChI is InChI=1S/C25H27N3O3/c1-19-6-5-7-20(16-19)18-31-23-17-21(9-10-22(23)30-2)25(29)28-14-12-27(13-15-28)24-8-3-4-11-26-24/h3-11,16-17H,12-15,18H2,1-2H3. The van der Waals surface area contributed by atoms with Crippen molar-refractivity contribution >= 4 is 11.7 Å². The van der Waals surface area contributed by atoms with Crippen molar-refractivity contribution in [3.8, 4) is 11.5 Å². The number of anilines is 1. The Balaban J connectivity index is 1.43. The minimum Gasteiger partial charge on any atom is -0.493 e. The Hall–Kier alpha value is -3.54. The number of hydrogen-bond acceptors (Lipinski definition) is 5. The van der Waals surface area contributed by atoms with Gasteiger partial charge in [0, 0.05) is 37.9 Å². The van der Waals surface area contributed by atoms with Gasteiger partial charge < -0.3 is 19.3 Å². The molecule has 3 aromatic rings. The maximum absolute atomic E-state index is 13.1. The van der Waals surface area contributed by atoms with Crippen molar-refractivity contribution in [3.63, 3.8) is 0 Å². The fourth-order valence-electron chi connectivity index (χ4n) is 3.75. The lowest BCUT2D eigenvalue weighted by Crippen LogP contribution is -2.49. The van der Waals surface area contributed by atoms with Crippen LogP contribution < -0.4 is 14.4 Å². The van der Waals surface area contributed by atoms with E-state index < -0.39 is 0 Å². The molecule has 1 amide bonds. The molecule has 160 valence electrons. The Labute approximate surface area is 183 Å². The number of pyridine rings is 1. The number of ether oxygens (including phenoxy) is 2. The molecule has 6 heteroatoms. The normalized spacial score (nSPS) is 13.7. The molecule has 4 rings (SSSR count). The molecule has 0 aliphatic carbocycles. The van der Waals surface area contributed by atoms with Gasteiger partial charge in [-0.25, -0.2) is 4.98 Å². The summed E-state index contributed by atoms with van der Waals surface area (Å²) in [4.78, 5) is 21.6. The van der Waals surface area contributed by atoms with E-state index in [-0.39, 0.29) is 5.91 Å². The molecule has 2 heterocycles. The van der Waals surface area contributed by atoms with Gasteiger partial charge in [-0.05, 0) is 42.8 Å². The van der Waals surface area contributed by atoms with Crippen LogP contribution in [0.2, 0.25) is 0 Å². The van der Waals surface area contributed by atoms with Crippen LogP contribution in [0, 0.1) is 6.92 Å². The van der Waals surface area contributed by atoms with Gasteiger partial charge in [-0.2, -0.15) is 0 Å². The van der Waals surface area contributed by atoms with Gasteiger partial charge >= 0.3 is 0 Å². The Bertz CT molecular complexity index is 1030. The topological polar surface area (TPSA) is 54.9 Å². The minimum absolute atomic E-state index is 0.00345. The van der Waals surface area contributed by atoms with Gasteiger partial charge in [0.15, 0.2) is 11.5 Å². The van der Waals surface area contributed by atoms with Gasteiger partial charge in [-0.15, -0.1) is 0 Å². The Kier molecular flexibility index (Phi) is 6.36. The van der Waals surface area contributed by atoms with E-state index in [4.69, 9.17) is 9.47 Å². The highest BCUT2D eigenvalue weighted by Gasteiger charge is 2.23. The van der Waals surface area contributed by atoms with E-state index in [1.54, 1.807) is 31.5 Å². The van der Waals surface area contributed by atoms with E-state index in [0.717, 1.165) is 24.5 Å². The molecule has 0 unspecified atom stereocenters. The number of methoxy groups -OCH3 is 1. The van der Waals surface area contributed by atoms with E-state index in [9.17, 15) is 4.79 Å². The molecule has 31 heavy (non-hydrogen) atoms. The van der Waals surface area contributed by atoms with Crippen LogP contribution in [0.3, 0.4) is 0 Å². The molecule has 6 nitrogen and oxygen atoms in total. The summed E-state index contributed by atoms with van der Waals surface area (Å²) >= 11 is 0. The number of carbonyl (C=O) groups is 1. The first-order valence-corrected chi connectivity index (χ1v) is 10.5. The first-order chi connectivity index (χ1) is 15.1. The third-order valence-electron chi connectivity index (χ3n) is 5.43. The van der Waals surface area contributed by atoms with Gasteiger partial charge in [-0.3, -0.25) is 4.79 Å². The number of nitrogens with zero attached hydrogens (tertiary/aromatic N) is 3. The number of rotatable bonds is 6. The lowest BCUT2D eigenvalue weighted by molar-refractivity contribution is 0.0746. The highest BCUT2D eigenvalue weighted by atomic mass is 16.5. The zero-order chi connectivity index (χ0) is 21.6. The number of piperazine rings is 1. The minimum atomic E-state index is 0.00345. The zero-order valence-corrected chi connectivity index (χ0v) is 18.0. The number of aromatic nitrogens is 1. The average molecular weight is 418 g/mol. The van der Waals surface area contributed by atoms with Gasteiger partial charge in [0.05, 0.1) is 7.11 Å². The van der Waals surface area contributed by atoms with Gasteiger partial charge in [0.2, 0.25) is 0 Å². The second-order valence-electron chi connectivity index (χ2n) is 7.61. The molecule has 2 aromatic carbocycles. The molecule has 0 spiro atoms. The number of hydrogen-bond donors (Lipinski definition) is 0. The van der Waals surface area contributed by atoms with Crippen molar-refractivity contribution in [1.29, 1.82) is 0 Å². The molecule has 0 N–H and O–H groups in total. The van der Waals surface area contributed by atoms with Crippen LogP contribution >= 0.6 is 0 Å². The lowest BCUT2D eigenvalue weighted by Gasteiger charge is -2.35. The highest BCUT2D eigenvalue weighted by Crippen LogP contribution is 2.29. The maximum atomic E-state index is 13.1. The molecular formula is C25H27N3O3. The van der Waals surface area contributed by atoms with E-state index in [1.807, 2.05) is 35.2 Å². The third-order valence-corrected chi connectivity index (χ3v) is 5.43. The van der Waals surface area contributed by atoms with E-state index >= 15 is 0 Å². The van der Waals surface area contributed by atoms with Crippen molar-refractivity contribution in [2.75, 3.05) is 38.2 Å². The van der Waals surface area contributed by atoms with Crippen LogP contribution in [-0.2, 0) is 6.61 Å². The zero-order valence-electron chi connectivity index (χ0n) is 18.0. The first-order valence-electron chi connectivity index (χ1n) is 10.5. The van der Waals surface area contributed by atoms with Crippen LogP contribution in [0.25, 0.3) is 0 Å². The SMILES string of the molecule is COc1ccc(C(=O)N2CCN(c3ccccn3)CC2)cc1OCc1cccc(C)c1. The van der Waals surface area contributed by atoms with Gasteiger partial charge in [-0.1, -0.05) is 35.9 Å². The van der Waals surface area contributed by atoms with Crippen LogP contribution in [0.5, 0.6) is 11.5 Å². The molecule has 0 saturated carbocycles. The molecule has 1 fully saturated rings. The molecule has 0 atom stereocenters. The van der Waals surface area contributed by atoms with Crippen LogP contribution in [0.1, 0.15) is 21.5 Å². The van der Waals surface area contributed by atoms with Crippen molar-refractivity contribution < 1.29 is 14.3 Å². The van der Waals surface area contributed by atoms with Crippen molar-refractivity contribution in [3.05, 3.63) is 83.6 Å². The van der Waals surface area contributed by atoms with Crippen molar-refractivity contribution in [1.82, 2.24) is 9.88 Å². The maximum Gasteiger partial charge on any atom is 0.254 e. The van der Waals surface area contributed by atoms with Crippen LogP contribution in [0.15, 0.2) is 66.9 Å². The molecule has 0 bridgehead atoms. The van der Waals surface area contributed by atoms with Crippen LogP contribution in [0.4, 0.5) is 5.82 Å². The molecule has 1 saturated heterocycles. The Morgan fingerprint density at radius 2 is 1.81 bits per heavy atom. The van der Waals surface area contributed by atoms with Crippen molar-refractivity contribution in [2.45, 2.75) is 13.5 Å². The Morgan fingerprint density at radius 1 is 0.968 bits per heavy atom. The Morgan fingerprint density at radius 3 is 2.52 bits per heavy atom. The van der Waals surface area contributed by atoms with E-state index in [1.165, 1.54) is 5.56 Å². The summed E-state index contributed by atoms with van der Waals surface area (Å²) in [6, 6.07) is 19.4. The monoisotopic (exact) mass is 417 g/mol. The smallest absolute Gasteiger partial charge is 0.254 e.